The molecule has 0 amide bonds. The van der Waals surface area contributed by atoms with E-state index >= 15 is 0 Å². The number of rotatable bonds is 6. The van der Waals surface area contributed by atoms with E-state index in [4.69, 9.17) is 15.5 Å². The Morgan fingerprint density at radius 3 is 2.59 bits per heavy atom. The first kappa shape index (κ1) is 14.6. The highest BCUT2D eigenvalue weighted by Crippen LogP contribution is 2.33. The van der Waals surface area contributed by atoms with Crippen LogP contribution in [-0.4, -0.2) is 18.6 Å². The van der Waals surface area contributed by atoms with Gasteiger partial charge in [-0.05, 0) is 19.3 Å². The maximum Gasteiger partial charge on any atom is 0.125 e. The fraction of sp³-hybridized carbons (Fsp3) is 0.769. The van der Waals surface area contributed by atoms with Gasteiger partial charge in [0.05, 0.1) is 5.69 Å². The Hall–Kier alpha value is -0.450. The molecule has 4 heteroatoms. The molecular weight excluding hydrogens is 232 g/mol. The van der Waals surface area contributed by atoms with Gasteiger partial charge in [-0.15, -0.1) is 11.3 Å². The van der Waals surface area contributed by atoms with E-state index in [9.17, 15) is 0 Å². The summed E-state index contributed by atoms with van der Waals surface area (Å²) in [6.45, 7) is 9.23. The first-order valence-electron chi connectivity index (χ1n) is 6.19. The first-order chi connectivity index (χ1) is 7.98. The monoisotopic (exact) mass is 256 g/mol. The zero-order chi connectivity index (χ0) is 13.1. The molecule has 0 aliphatic carbocycles. The third-order valence-electron chi connectivity index (χ3n) is 3.54. The van der Waals surface area contributed by atoms with E-state index in [1.165, 1.54) is 0 Å². The number of thiazole rings is 1. The van der Waals surface area contributed by atoms with Crippen molar-refractivity contribution < 1.29 is 4.74 Å². The van der Waals surface area contributed by atoms with E-state index in [-0.39, 0.29) is 5.60 Å². The molecule has 0 aliphatic heterocycles. The zero-order valence-corrected chi connectivity index (χ0v) is 12.3. The minimum Gasteiger partial charge on any atom is -0.371 e. The SMILES string of the molecule is CCC(C)(OC)c1nc(C(CN)C(C)C)cs1. The van der Waals surface area contributed by atoms with Crippen LogP contribution in [0.15, 0.2) is 5.38 Å². The molecule has 1 heterocycles. The standard InChI is InChI=1S/C13H24N2OS/c1-6-13(4,16-5)12-15-11(8-17-12)10(7-14)9(2)3/h8-10H,6-7,14H2,1-5H3. The van der Waals surface area contributed by atoms with E-state index in [0.29, 0.717) is 18.4 Å². The van der Waals surface area contributed by atoms with Crippen LogP contribution in [0.2, 0.25) is 0 Å². The molecule has 17 heavy (non-hydrogen) atoms. The van der Waals surface area contributed by atoms with Crippen molar-refractivity contribution in [2.45, 2.75) is 45.6 Å². The molecule has 0 aliphatic rings. The number of ether oxygens (including phenoxy) is 1. The normalized spacial score (nSPS) is 17.1. The number of aromatic nitrogens is 1. The van der Waals surface area contributed by atoms with Gasteiger partial charge in [-0.3, -0.25) is 0 Å². The minimum absolute atomic E-state index is 0.265. The molecule has 2 N–H and O–H groups in total. The number of nitrogens with zero attached hydrogens (tertiary/aromatic N) is 1. The summed E-state index contributed by atoms with van der Waals surface area (Å²) in [5, 5.41) is 3.18. The lowest BCUT2D eigenvalue weighted by Gasteiger charge is -2.24. The van der Waals surface area contributed by atoms with Gasteiger partial charge >= 0.3 is 0 Å². The van der Waals surface area contributed by atoms with Crippen molar-refractivity contribution in [3.63, 3.8) is 0 Å². The average molecular weight is 256 g/mol. The molecule has 0 fully saturated rings. The first-order valence-corrected chi connectivity index (χ1v) is 7.07. The van der Waals surface area contributed by atoms with Gasteiger partial charge in [0, 0.05) is 25.0 Å². The van der Waals surface area contributed by atoms with Gasteiger partial charge in [0.1, 0.15) is 10.6 Å². The van der Waals surface area contributed by atoms with Crippen molar-refractivity contribution in [2.75, 3.05) is 13.7 Å². The van der Waals surface area contributed by atoms with Gasteiger partial charge in [-0.2, -0.15) is 0 Å². The van der Waals surface area contributed by atoms with Crippen molar-refractivity contribution in [3.05, 3.63) is 16.1 Å². The van der Waals surface area contributed by atoms with E-state index in [0.717, 1.165) is 17.1 Å². The second kappa shape index (κ2) is 5.94. The summed E-state index contributed by atoms with van der Waals surface area (Å²) in [6.07, 6.45) is 0.922. The highest BCUT2D eigenvalue weighted by Gasteiger charge is 2.29. The van der Waals surface area contributed by atoms with Crippen LogP contribution in [0.25, 0.3) is 0 Å². The fourth-order valence-corrected chi connectivity index (χ4v) is 2.91. The third-order valence-corrected chi connectivity index (χ3v) is 4.64. The molecule has 2 atom stereocenters. The van der Waals surface area contributed by atoms with Crippen molar-refractivity contribution in [2.24, 2.45) is 11.7 Å². The van der Waals surface area contributed by atoms with Gasteiger partial charge in [0.2, 0.25) is 0 Å². The molecule has 0 bridgehead atoms. The molecule has 0 spiro atoms. The predicted molar refractivity (Wildman–Crippen MR) is 73.4 cm³/mol. The maximum atomic E-state index is 5.82. The van der Waals surface area contributed by atoms with Crippen molar-refractivity contribution in [1.29, 1.82) is 0 Å². The Kier molecular flexibility index (Phi) is 5.10. The molecule has 3 nitrogen and oxygen atoms in total. The number of nitrogens with two attached hydrogens (primary N) is 1. The Bertz CT molecular complexity index is 345. The summed E-state index contributed by atoms with van der Waals surface area (Å²) in [5.74, 6) is 0.864. The zero-order valence-electron chi connectivity index (χ0n) is 11.5. The average Bonchev–Trinajstić information content (AvgIpc) is 2.78. The van der Waals surface area contributed by atoms with Crippen LogP contribution in [0.4, 0.5) is 0 Å². The molecule has 1 rings (SSSR count). The second-order valence-electron chi connectivity index (χ2n) is 4.95. The Morgan fingerprint density at radius 1 is 1.53 bits per heavy atom. The molecule has 0 saturated heterocycles. The summed E-state index contributed by atoms with van der Waals surface area (Å²) >= 11 is 1.68. The largest absolute Gasteiger partial charge is 0.371 e. The lowest BCUT2D eigenvalue weighted by Crippen LogP contribution is -2.24. The predicted octanol–water partition coefficient (Wildman–Crippen LogP) is 3.11. The van der Waals surface area contributed by atoms with Crippen LogP contribution < -0.4 is 5.73 Å². The van der Waals surface area contributed by atoms with Gasteiger partial charge in [-0.1, -0.05) is 20.8 Å². The molecule has 98 valence electrons. The number of hydrogen-bond acceptors (Lipinski definition) is 4. The highest BCUT2D eigenvalue weighted by molar-refractivity contribution is 7.09. The van der Waals surface area contributed by atoms with Crippen LogP contribution in [0.3, 0.4) is 0 Å². The third kappa shape index (κ3) is 3.06. The quantitative estimate of drug-likeness (QED) is 0.850. The summed E-state index contributed by atoms with van der Waals surface area (Å²) < 4.78 is 5.58. The van der Waals surface area contributed by atoms with Gasteiger partial charge in [-0.25, -0.2) is 4.98 Å². The number of hydrogen-bond donors (Lipinski definition) is 1. The van der Waals surface area contributed by atoms with Crippen molar-refractivity contribution in [1.82, 2.24) is 4.98 Å². The van der Waals surface area contributed by atoms with Gasteiger partial charge < -0.3 is 10.5 Å². The highest BCUT2D eigenvalue weighted by atomic mass is 32.1. The van der Waals surface area contributed by atoms with E-state index in [1.54, 1.807) is 18.4 Å². The van der Waals surface area contributed by atoms with Crippen LogP contribution in [0.1, 0.15) is 50.7 Å². The lowest BCUT2D eigenvalue weighted by molar-refractivity contribution is -0.00172. The topological polar surface area (TPSA) is 48.1 Å². The van der Waals surface area contributed by atoms with E-state index < -0.39 is 0 Å². The van der Waals surface area contributed by atoms with Crippen LogP contribution in [0.5, 0.6) is 0 Å². The molecule has 0 saturated carbocycles. The lowest BCUT2D eigenvalue weighted by atomic mass is 9.93. The molecular formula is C13H24N2OS. The Labute approximate surface area is 108 Å². The minimum atomic E-state index is -0.265. The van der Waals surface area contributed by atoms with Crippen LogP contribution >= 0.6 is 11.3 Å². The maximum absolute atomic E-state index is 5.82. The van der Waals surface area contributed by atoms with Crippen molar-refractivity contribution in [3.8, 4) is 0 Å². The van der Waals surface area contributed by atoms with E-state index in [2.05, 4.69) is 33.1 Å². The Balaban J connectivity index is 2.98. The molecule has 2 unspecified atom stereocenters. The summed E-state index contributed by atoms with van der Waals surface area (Å²) in [6, 6.07) is 0. The summed E-state index contributed by atoms with van der Waals surface area (Å²) in [4.78, 5) is 4.73. The van der Waals surface area contributed by atoms with Crippen LogP contribution in [0, 0.1) is 5.92 Å². The summed E-state index contributed by atoms with van der Waals surface area (Å²) in [5.41, 5.74) is 6.67. The molecule has 0 radical (unpaired) electrons. The molecule has 1 aromatic rings. The number of methoxy groups -OCH3 is 1. The van der Waals surface area contributed by atoms with Crippen LogP contribution in [-0.2, 0) is 10.3 Å². The summed E-state index contributed by atoms with van der Waals surface area (Å²) in [7, 11) is 1.74. The Morgan fingerprint density at radius 2 is 2.18 bits per heavy atom. The second-order valence-corrected chi connectivity index (χ2v) is 5.81. The van der Waals surface area contributed by atoms with E-state index in [1.807, 2.05) is 0 Å². The van der Waals surface area contributed by atoms with Gasteiger partial charge in [0.15, 0.2) is 0 Å². The molecule has 1 aromatic heterocycles. The fourth-order valence-electron chi connectivity index (χ4n) is 1.82. The van der Waals surface area contributed by atoms with Gasteiger partial charge in [0.25, 0.3) is 0 Å². The smallest absolute Gasteiger partial charge is 0.125 e. The molecule has 0 aromatic carbocycles. The van der Waals surface area contributed by atoms with Crippen molar-refractivity contribution >= 4 is 11.3 Å².